The second-order valence-electron chi connectivity index (χ2n) is 5.30. The fourth-order valence-corrected chi connectivity index (χ4v) is 1.96. The highest BCUT2D eigenvalue weighted by Crippen LogP contribution is 2.05. The van der Waals surface area contributed by atoms with Crippen molar-refractivity contribution in [2.45, 2.75) is 58.8 Å². The smallest absolute Gasteiger partial charge is 0.0701 e. The van der Waals surface area contributed by atoms with Gasteiger partial charge in [0.05, 0.1) is 19.8 Å². The molecule has 0 aliphatic heterocycles. The lowest BCUT2D eigenvalue weighted by Gasteiger charge is -2.16. The van der Waals surface area contributed by atoms with Crippen molar-refractivity contribution in [1.29, 1.82) is 0 Å². The van der Waals surface area contributed by atoms with Gasteiger partial charge in [-0.05, 0) is 26.4 Å². The van der Waals surface area contributed by atoms with E-state index in [4.69, 9.17) is 9.47 Å². The predicted octanol–water partition coefficient (Wildman–Crippen LogP) is 3.72. The summed E-state index contributed by atoms with van der Waals surface area (Å²) in [6.07, 6.45) is 9.30. The summed E-state index contributed by atoms with van der Waals surface area (Å²) in [6, 6.07) is 0. The van der Waals surface area contributed by atoms with Crippen LogP contribution in [-0.2, 0) is 9.47 Å². The molecule has 0 aliphatic rings. The monoisotopic (exact) mass is 273 g/mol. The van der Waals surface area contributed by atoms with Crippen LogP contribution in [0.2, 0.25) is 0 Å². The zero-order valence-electron chi connectivity index (χ0n) is 13.5. The van der Waals surface area contributed by atoms with Crippen LogP contribution in [0.3, 0.4) is 0 Å². The van der Waals surface area contributed by atoms with Crippen molar-refractivity contribution in [2.24, 2.45) is 0 Å². The van der Waals surface area contributed by atoms with E-state index in [1.54, 1.807) is 0 Å². The van der Waals surface area contributed by atoms with Crippen LogP contribution in [0.25, 0.3) is 0 Å². The summed E-state index contributed by atoms with van der Waals surface area (Å²) in [4.78, 5) is 2.37. The molecule has 0 rings (SSSR count). The van der Waals surface area contributed by atoms with E-state index in [0.717, 1.165) is 39.4 Å². The lowest BCUT2D eigenvalue weighted by atomic mass is 10.1. The summed E-state index contributed by atoms with van der Waals surface area (Å²) in [5.74, 6) is 0. The van der Waals surface area contributed by atoms with E-state index < -0.39 is 0 Å². The van der Waals surface area contributed by atoms with Gasteiger partial charge in [0.2, 0.25) is 0 Å². The predicted molar refractivity (Wildman–Crippen MR) is 82.8 cm³/mol. The van der Waals surface area contributed by atoms with Crippen molar-refractivity contribution in [2.75, 3.05) is 46.6 Å². The third-order valence-corrected chi connectivity index (χ3v) is 3.23. The second kappa shape index (κ2) is 15.9. The van der Waals surface area contributed by atoms with Gasteiger partial charge in [-0.15, -0.1) is 0 Å². The first kappa shape index (κ1) is 18.9. The van der Waals surface area contributed by atoms with E-state index in [0.29, 0.717) is 0 Å². The maximum absolute atomic E-state index is 5.54. The van der Waals surface area contributed by atoms with E-state index in [2.05, 4.69) is 25.8 Å². The first-order valence-corrected chi connectivity index (χ1v) is 8.15. The van der Waals surface area contributed by atoms with Gasteiger partial charge in [0.1, 0.15) is 0 Å². The Morgan fingerprint density at radius 3 is 1.95 bits per heavy atom. The van der Waals surface area contributed by atoms with Gasteiger partial charge in [-0.25, -0.2) is 0 Å². The largest absolute Gasteiger partial charge is 0.379 e. The highest BCUT2D eigenvalue weighted by Gasteiger charge is 1.98. The van der Waals surface area contributed by atoms with E-state index >= 15 is 0 Å². The van der Waals surface area contributed by atoms with E-state index in [1.807, 2.05) is 0 Å². The Kier molecular flexibility index (Phi) is 15.8. The molecular formula is C16H35NO2. The third-order valence-electron chi connectivity index (χ3n) is 3.23. The van der Waals surface area contributed by atoms with Gasteiger partial charge in [-0.1, -0.05) is 46.0 Å². The van der Waals surface area contributed by atoms with Crippen LogP contribution in [0.1, 0.15) is 58.8 Å². The van der Waals surface area contributed by atoms with Crippen molar-refractivity contribution in [1.82, 2.24) is 4.90 Å². The van der Waals surface area contributed by atoms with Crippen LogP contribution in [-0.4, -0.2) is 51.5 Å². The number of nitrogens with zero attached hydrogens (tertiary/aromatic N) is 1. The van der Waals surface area contributed by atoms with E-state index in [1.165, 1.54) is 45.1 Å². The minimum absolute atomic E-state index is 0.727. The summed E-state index contributed by atoms with van der Waals surface area (Å²) >= 11 is 0. The van der Waals surface area contributed by atoms with Gasteiger partial charge in [-0.2, -0.15) is 0 Å². The number of rotatable bonds is 15. The van der Waals surface area contributed by atoms with Crippen molar-refractivity contribution in [3.8, 4) is 0 Å². The minimum atomic E-state index is 0.727. The zero-order valence-corrected chi connectivity index (χ0v) is 13.5. The lowest BCUT2D eigenvalue weighted by Crippen LogP contribution is -2.24. The standard InChI is InChI=1S/C16H35NO2/c1-4-6-7-8-9-10-11-17(3)12-14-19-16-15-18-13-5-2/h4-16H2,1-3H3. The molecule has 3 nitrogen and oxygen atoms in total. The molecule has 116 valence electrons. The topological polar surface area (TPSA) is 21.7 Å². The normalized spacial score (nSPS) is 11.4. The number of hydrogen-bond acceptors (Lipinski definition) is 3. The Labute approximate surface area is 120 Å². The van der Waals surface area contributed by atoms with Crippen LogP contribution in [0.4, 0.5) is 0 Å². The van der Waals surface area contributed by atoms with Crippen molar-refractivity contribution >= 4 is 0 Å². The number of likely N-dealkylation sites (N-methyl/N-ethyl adjacent to an activating group) is 1. The van der Waals surface area contributed by atoms with Crippen molar-refractivity contribution in [3.05, 3.63) is 0 Å². The Morgan fingerprint density at radius 1 is 0.632 bits per heavy atom. The molecule has 0 atom stereocenters. The second-order valence-corrected chi connectivity index (χ2v) is 5.30. The van der Waals surface area contributed by atoms with Gasteiger partial charge in [-0.3, -0.25) is 0 Å². The fraction of sp³-hybridized carbons (Fsp3) is 1.00. The van der Waals surface area contributed by atoms with E-state index in [9.17, 15) is 0 Å². The highest BCUT2D eigenvalue weighted by molar-refractivity contribution is 4.52. The fourth-order valence-electron chi connectivity index (χ4n) is 1.96. The maximum Gasteiger partial charge on any atom is 0.0701 e. The van der Waals surface area contributed by atoms with Gasteiger partial charge in [0.15, 0.2) is 0 Å². The molecule has 0 amide bonds. The zero-order chi connectivity index (χ0) is 14.2. The minimum Gasteiger partial charge on any atom is -0.379 e. The molecule has 0 aromatic rings. The Balaban J connectivity index is 3.10. The molecule has 0 radical (unpaired) electrons. The van der Waals surface area contributed by atoms with Gasteiger partial charge in [0, 0.05) is 13.2 Å². The highest BCUT2D eigenvalue weighted by atomic mass is 16.5. The Bertz CT molecular complexity index is 165. The Morgan fingerprint density at radius 2 is 1.26 bits per heavy atom. The molecule has 3 heteroatoms. The molecular weight excluding hydrogens is 238 g/mol. The molecule has 0 aliphatic carbocycles. The average Bonchev–Trinajstić information content (AvgIpc) is 2.41. The van der Waals surface area contributed by atoms with Crippen LogP contribution in [0.5, 0.6) is 0 Å². The van der Waals surface area contributed by atoms with Crippen LogP contribution >= 0.6 is 0 Å². The molecule has 19 heavy (non-hydrogen) atoms. The van der Waals surface area contributed by atoms with Gasteiger partial charge < -0.3 is 14.4 Å². The van der Waals surface area contributed by atoms with Crippen molar-refractivity contribution in [3.63, 3.8) is 0 Å². The molecule has 0 spiro atoms. The molecule has 0 saturated heterocycles. The molecule has 0 unspecified atom stereocenters. The van der Waals surface area contributed by atoms with E-state index in [-0.39, 0.29) is 0 Å². The molecule has 0 bridgehead atoms. The summed E-state index contributed by atoms with van der Waals surface area (Å²) in [6.45, 7) is 9.74. The summed E-state index contributed by atoms with van der Waals surface area (Å²) in [5, 5.41) is 0. The molecule has 0 aromatic carbocycles. The SMILES string of the molecule is CCCCCCCCN(C)CCOCCOCCC. The van der Waals surface area contributed by atoms with Crippen molar-refractivity contribution < 1.29 is 9.47 Å². The molecule has 0 saturated carbocycles. The average molecular weight is 273 g/mol. The molecule has 0 N–H and O–H groups in total. The first-order valence-electron chi connectivity index (χ1n) is 8.15. The molecule has 0 fully saturated rings. The number of hydrogen-bond donors (Lipinski definition) is 0. The summed E-state index contributed by atoms with van der Waals surface area (Å²) in [7, 11) is 2.18. The molecule has 0 aromatic heterocycles. The summed E-state index contributed by atoms with van der Waals surface area (Å²) in [5.41, 5.74) is 0. The first-order chi connectivity index (χ1) is 9.31. The molecule has 0 heterocycles. The van der Waals surface area contributed by atoms with Crippen LogP contribution in [0.15, 0.2) is 0 Å². The number of unbranched alkanes of at least 4 members (excludes halogenated alkanes) is 5. The van der Waals surface area contributed by atoms with Crippen LogP contribution < -0.4 is 0 Å². The quantitative estimate of drug-likeness (QED) is 0.424. The van der Waals surface area contributed by atoms with Gasteiger partial charge in [0.25, 0.3) is 0 Å². The number of ether oxygens (including phenoxy) is 2. The Hall–Kier alpha value is -0.120. The maximum atomic E-state index is 5.54. The van der Waals surface area contributed by atoms with Gasteiger partial charge >= 0.3 is 0 Å². The third kappa shape index (κ3) is 15.8. The summed E-state index contributed by atoms with van der Waals surface area (Å²) < 4.78 is 10.9. The van der Waals surface area contributed by atoms with Crippen LogP contribution in [0, 0.1) is 0 Å². The lowest BCUT2D eigenvalue weighted by molar-refractivity contribution is 0.0410.